The number of amides is 1. The Morgan fingerprint density at radius 3 is 2.34 bits per heavy atom. The van der Waals surface area contributed by atoms with E-state index in [0.717, 1.165) is 6.54 Å². The van der Waals surface area contributed by atoms with Crippen molar-refractivity contribution < 1.29 is 41.0 Å². The van der Waals surface area contributed by atoms with Crippen LogP contribution in [0.4, 0.5) is 13.2 Å². The van der Waals surface area contributed by atoms with Crippen LogP contribution in [0.5, 0.6) is 0 Å². The fraction of sp³-hybridized carbons (Fsp3) is 0.882. The Hall–Kier alpha value is -1.40. The number of fused-ring (bicyclic) bond motifs is 1. The number of carbonyl (C=O) groups excluding carboxylic acids is 1. The van der Waals surface area contributed by atoms with E-state index in [1.165, 1.54) is 0 Å². The highest BCUT2D eigenvalue weighted by molar-refractivity contribution is 7.92. The molecule has 1 amide bonds. The summed E-state index contributed by atoms with van der Waals surface area (Å²) in [7, 11) is -1.44. The van der Waals surface area contributed by atoms with E-state index >= 15 is 0 Å². The second kappa shape index (κ2) is 10.6. The zero-order valence-electron chi connectivity index (χ0n) is 16.7. The second-order valence-electron chi connectivity index (χ2n) is 7.66. The molecule has 0 aromatic heterocycles. The van der Waals surface area contributed by atoms with Crippen LogP contribution in [-0.4, -0.2) is 87.4 Å². The van der Waals surface area contributed by atoms with Gasteiger partial charge >= 0.3 is 12.1 Å². The fourth-order valence-electron chi connectivity index (χ4n) is 3.47. The lowest BCUT2D eigenvalue weighted by Crippen LogP contribution is -2.47. The molecule has 2 aliphatic rings. The molecule has 8 nitrogen and oxygen atoms in total. The minimum Gasteiger partial charge on any atom is -0.475 e. The van der Waals surface area contributed by atoms with Crippen LogP contribution in [0.15, 0.2) is 0 Å². The number of rotatable bonds is 6. The molecule has 170 valence electrons. The lowest BCUT2D eigenvalue weighted by Gasteiger charge is -2.32. The molecular formula is C17H29F3N2O6S. The predicted molar refractivity (Wildman–Crippen MR) is 99.0 cm³/mol. The van der Waals surface area contributed by atoms with Crippen molar-refractivity contribution in [3.63, 3.8) is 0 Å². The molecule has 0 spiro atoms. The summed E-state index contributed by atoms with van der Waals surface area (Å²) in [5.41, 5.74) is 0. The third kappa shape index (κ3) is 7.74. The summed E-state index contributed by atoms with van der Waals surface area (Å²) >= 11 is 0. The zero-order chi connectivity index (χ0) is 22.4. The van der Waals surface area contributed by atoms with Crippen LogP contribution >= 0.6 is 0 Å². The van der Waals surface area contributed by atoms with Gasteiger partial charge in [0.15, 0.2) is 9.84 Å². The monoisotopic (exact) mass is 446 g/mol. The molecule has 0 saturated carbocycles. The van der Waals surface area contributed by atoms with Gasteiger partial charge in [-0.3, -0.25) is 9.69 Å². The lowest BCUT2D eigenvalue weighted by molar-refractivity contribution is -0.192. The SMILES string of the molecule is COCCN1C[C@@H]2[C@@H](C(=O)NCC(C)C)CCS(=O)(=O)[C@@H]2C1.O=C(O)C(F)(F)F. The van der Waals surface area contributed by atoms with Crippen LogP contribution in [0.3, 0.4) is 0 Å². The Kier molecular flexibility index (Phi) is 9.35. The third-order valence-electron chi connectivity index (χ3n) is 4.95. The average Bonchev–Trinajstić information content (AvgIpc) is 3.03. The minimum atomic E-state index is -5.08. The van der Waals surface area contributed by atoms with Crippen LogP contribution in [0, 0.1) is 17.8 Å². The van der Waals surface area contributed by atoms with Crippen LogP contribution in [-0.2, 0) is 24.2 Å². The molecule has 29 heavy (non-hydrogen) atoms. The Labute approximate surface area is 168 Å². The highest BCUT2D eigenvalue weighted by atomic mass is 32.2. The van der Waals surface area contributed by atoms with Gasteiger partial charge in [0.1, 0.15) is 0 Å². The first-order chi connectivity index (χ1) is 13.3. The van der Waals surface area contributed by atoms with Gasteiger partial charge in [0.2, 0.25) is 5.91 Å². The van der Waals surface area contributed by atoms with Gasteiger partial charge in [0.05, 0.1) is 17.6 Å². The maximum absolute atomic E-state index is 12.4. The van der Waals surface area contributed by atoms with Crippen molar-refractivity contribution in [3.05, 3.63) is 0 Å². The molecule has 2 rings (SSSR count). The average molecular weight is 446 g/mol. The van der Waals surface area contributed by atoms with E-state index in [2.05, 4.69) is 24.1 Å². The molecule has 0 bridgehead atoms. The Balaban J connectivity index is 0.000000516. The molecular weight excluding hydrogens is 417 g/mol. The molecule has 2 aliphatic heterocycles. The van der Waals surface area contributed by atoms with Crippen molar-refractivity contribution in [1.29, 1.82) is 0 Å². The fourth-order valence-corrected chi connectivity index (χ4v) is 5.60. The van der Waals surface area contributed by atoms with Crippen molar-refractivity contribution in [2.45, 2.75) is 31.7 Å². The number of carboxylic acids is 1. The number of hydrogen-bond acceptors (Lipinski definition) is 6. The zero-order valence-corrected chi connectivity index (χ0v) is 17.6. The Morgan fingerprint density at radius 2 is 1.86 bits per heavy atom. The minimum absolute atomic E-state index is 0.0205. The van der Waals surface area contributed by atoms with Crippen molar-refractivity contribution in [1.82, 2.24) is 10.2 Å². The summed E-state index contributed by atoms with van der Waals surface area (Å²) in [5, 5.41) is 9.70. The molecule has 0 unspecified atom stereocenters. The van der Waals surface area contributed by atoms with Gasteiger partial charge in [-0.2, -0.15) is 13.2 Å². The van der Waals surface area contributed by atoms with Gasteiger partial charge in [-0.05, 0) is 12.3 Å². The van der Waals surface area contributed by atoms with Gasteiger partial charge in [-0.1, -0.05) is 13.8 Å². The number of ether oxygens (including phenoxy) is 1. The quantitative estimate of drug-likeness (QED) is 0.620. The van der Waals surface area contributed by atoms with Gasteiger partial charge < -0.3 is 15.2 Å². The number of likely N-dealkylation sites (tertiary alicyclic amines) is 1. The number of carboxylic acid groups (broad SMARTS) is 1. The first-order valence-corrected chi connectivity index (χ1v) is 11.0. The maximum Gasteiger partial charge on any atom is 0.490 e. The van der Waals surface area contributed by atoms with Crippen LogP contribution in [0.25, 0.3) is 0 Å². The van der Waals surface area contributed by atoms with Crippen LogP contribution in [0.2, 0.25) is 0 Å². The molecule has 3 atom stereocenters. The van der Waals surface area contributed by atoms with E-state index in [4.69, 9.17) is 14.6 Å². The molecule has 0 aromatic carbocycles. The van der Waals surface area contributed by atoms with Crippen LogP contribution < -0.4 is 5.32 Å². The number of aliphatic carboxylic acids is 1. The van der Waals surface area contributed by atoms with Gasteiger partial charge in [0.25, 0.3) is 0 Å². The Bertz CT molecular complexity index is 669. The standard InChI is InChI=1S/C15H28N2O4S.C2HF3O2/c1-11(2)8-16-15(18)12-4-7-22(19,20)14-10-17(5-6-21-3)9-13(12)14;3-2(4,5)1(6)7/h11-14H,4-10H2,1-3H3,(H,16,18);(H,6,7)/t12-,13+,14+;/m0./s1. The number of halogens is 3. The number of alkyl halides is 3. The van der Waals surface area contributed by atoms with Crippen molar-refractivity contribution in [2.75, 3.05) is 45.6 Å². The molecule has 0 aromatic rings. The van der Waals surface area contributed by atoms with E-state index in [1.54, 1.807) is 7.11 Å². The van der Waals surface area contributed by atoms with Crippen molar-refractivity contribution in [2.24, 2.45) is 17.8 Å². The van der Waals surface area contributed by atoms with E-state index in [1.807, 2.05) is 0 Å². The number of hydrogen-bond donors (Lipinski definition) is 2. The van der Waals surface area contributed by atoms with E-state index in [9.17, 15) is 26.4 Å². The highest BCUT2D eigenvalue weighted by Gasteiger charge is 2.50. The van der Waals surface area contributed by atoms with Gasteiger partial charge in [-0.15, -0.1) is 0 Å². The summed E-state index contributed by atoms with van der Waals surface area (Å²) in [6, 6.07) is 0. The van der Waals surface area contributed by atoms with E-state index < -0.39 is 27.2 Å². The van der Waals surface area contributed by atoms with E-state index in [-0.39, 0.29) is 23.5 Å². The number of nitrogens with one attached hydrogen (secondary N) is 1. The predicted octanol–water partition coefficient (Wildman–Crippen LogP) is 0.773. The lowest BCUT2D eigenvalue weighted by atomic mass is 9.87. The first kappa shape index (κ1) is 25.6. The largest absolute Gasteiger partial charge is 0.490 e. The normalized spacial score (nSPS) is 26.4. The van der Waals surface area contributed by atoms with E-state index in [0.29, 0.717) is 38.6 Å². The molecule has 2 N–H and O–H groups in total. The Morgan fingerprint density at radius 1 is 1.28 bits per heavy atom. The molecule has 0 radical (unpaired) electrons. The summed E-state index contributed by atoms with van der Waals surface area (Å²) < 4.78 is 61.5. The third-order valence-corrected chi connectivity index (χ3v) is 7.18. The summed E-state index contributed by atoms with van der Waals surface area (Å²) in [4.78, 5) is 23.4. The first-order valence-electron chi connectivity index (χ1n) is 9.30. The van der Waals surface area contributed by atoms with Crippen LogP contribution in [0.1, 0.15) is 20.3 Å². The van der Waals surface area contributed by atoms with Gasteiger partial charge in [-0.25, -0.2) is 13.2 Å². The summed E-state index contributed by atoms with van der Waals surface area (Å²) in [5.74, 6) is -2.47. The topological polar surface area (TPSA) is 113 Å². The summed E-state index contributed by atoms with van der Waals surface area (Å²) in [6.45, 7) is 7.26. The molecule has 12 heteroatoms. The molecule has 2 heterocycles. The molecule has 0 aliphatic carbocycles. The second-order valence-corrected chi connectivity index (χ2v) is 10.00. The van der Waals surface area contributed by atoms with Crippen molar-refractivity contribution >= 4 is 21.7 Å². The molecule has 2 fully saturated rings. The number of carbonyl (C=O) groups is 2. The highest BCUT2D eigenvalue weighted by Crippen LogP contribution is 2.36. The molecule has 2 saturated heterocycles. The smallest absolute Gasteiger partial charge is 0.475 e. The number of nitrogens with zero attached hydrogens (tertiary/aromatic N) is 1. The maximum atomic E-state index is 12.4. The number of sulfone groups is 1. The summed E-state index contributed by atoms with van der Waals surface area (Å²) in [6.07, 6.45) is -4.63. The number of methoxy groups -OCH3 is 1. The van der Waals surface area contributed by atoms with Crippen molar-refractivity contribution in [3.8, 4) is 0 Å². The van der Waals surface area contributed by atoms with Gasteiger partial charge in [0, 0.05) is 45.1 Å².